The summed E-state index contributed by atoms with van der Waals surface area (Å²) in [6.07, 6.45) is 4.62. The van der Waals surface area contributed by atoms with E-state index >= 15 is 0 Å². The van der Waals surface area contributed by atoms with E-state index in [0.717, 1.165) is 43.0 Å². The van der Waals surface area contributed by atoms with E-state index in [0.29, 0.717) is 28.3 Å². The van der Waals surface area contributed by atoms with Crippen molar-refractivity contribution in [2.45, 2.75) is 6.04 Å². The van der Waals surface area contributed by atoms with Crippen LogP contribution in [-0.2, 0) is 0 Å². The molecule has 3 aliphatic rings. The Balaban J connectivity index is 1.22. The first-order valence-electron chi connectivity index (χ1n) is 12.4. The number of likely N-dealkylation sites (N-methyl/N-ethyl adjacent to an activating group) is 1. The highest BCUT2D eigenvalue weighted by molar-refractivity contribution is 6.22. The largest absolute Gasteiger partial charge is 0.369 e. The standard InChI is InChI=1S/C27H27N9O2/c1-34-12-14-36(15-13-34)18-8-6-17(7-9-18)24-23-25(32-31-24)19-4-3-5-20(22(19)26(23)37)30-27(38)33-35(2)21-16-28-10-11-29-21/h3-11,16,25H,12-15H2,1-2H3,(H2,30,33,38). The van der Waals surface area contributed by atoms with Crippen molar-refractivity contribution in [2.24, 2.45) is 10.2 Å². The minimum absolute atomic E-state index is 0.175. The Morgan fingerprint density at radius 2 is 1.84 bits per heavy atom. The average Bonchev–Trinajstić information content (AvgIpc) is 3.50. The van der Waals surface area contributed by atoms with Gasteiger partial charge in [0.15, 0.2) is 11.6 Å². The number of benzene rings is 2. The van der Waals surface area contributed by atoms with Gasteiger partial charge in [-0.3, -0.25) is 14.8 Å². The number of hydrogen-bond acceptors (Lipinski definition) is 9. The monoisotopic (exact) mass is 509 g/mol. The van der Waals surface area contributed by atoms with Crippen LogP contribution in [0.3, 0.4) is 0 Å². The summed E-state index contributed by atoms with van der Waals surface area (Å²) in [6.45, 7) is 4.03. The van der Waals surface area contributed by atoms with Crippen LogP contribution in [0.1, 0.15) is 27.5 Å². The van der Waals surface area contributed by atoms with Crippen molar-refractivity contribution in [2.75, 3.05) is 55.5 Å². The van der Waals surface area contributed by atoms with Crippen LogP contribution in [0.5, 0.6) is 0 Å². The number of nitrogens with one attached hydrogen (secondary N) is 2. The van der Waals surface area contributed by atoms with Crippen molar-refractivity contribution in [3.63, 3.8) is 0 Å². The van der Waals surface area contributed by atoms with Gasteiger partial charge in [0.05, 0.1) is 23.0 Å². The molecule has 2 amide bonds. The summed E-state index contributed by atoms with van der Waals surface area (Å²) >= 11 is 0. The number of rotatable bonds is 5. The lowest BCUT2D eigenvalue weighted by molar-refractivity contribution is 0.103. The lowest BCUT2D eigenvalue weighted by atomic mass is 10.0. The van der Waals surface area contributed by atoms with Crippen LogP contribution >= 0.6 is 0 Å². The first-order chi connectivity index (χ1) is 18.5. The fraction of sp³-hybridized carbons (Fsp3) is 0.259. The number of hydrazine groups is 1. The highest BCUT2D eigenvalue weighted by Gasteiger charge is 2.42. The summed E-state index contributed by atoms with van der Waals surface area (Å²) in [5.74, 6) is 0.298. The van der Waals surface area contributed by atoms with Crippen molar-refractivity contribution in [1.29, 1.82) is 0 Å². The topological polar surface area (TPSA) is 118 Å². The highest BCUT2D eigenvalue weighted by atomic mass is 16.2. The predicted octanol–water partition coefficient (Wildman–Crippen LogP) is 3.52. The average molecular weight is 510 g/mol. The Kier molecular flexibility index (Phi) is 6.04. The molecule has 0 bridgehead atoms. The molecule has 2 aliphatic heterocycles. The van der Waals surface area contributed by atoms with Gasteiger partial charge in [-0.15, -0.1) is 0 Å². The van der Waals surface area contributed by atoms with Gasteiger partial charge < -0.3 is 15.1 Å². The fourth-order valence-corrected chi connectivity index (χ4v) is 5.03. The number of fused-ring (bicyclic) bond motifs is 3. The van der Waals surface area contributed by atoms with Crippen molar-refractivity contribution in [3.05, 3.63) is 83.3 Å². The number of carbonyl (C=O) groups is 2. The molecule has 38 heavy (non-hydrogen) atoms. The lowest BCUT2D eigenvalue weighted by Gasteiger charge is -2.34. The molecule has 1 aromatic heterocycles. The second-order valence-electron chi connectivity index (χ2n) is 9.50. The smallest absolute Gasteiger partial charge is 0.338 e. The number of anilines is 3. The maximum Gasteiger partial charge on any atom is 0.338 e. The zero-order valence-corrected chi connectivity index (χ0v) is 21.1. The van der Waals surface area contributed by atoms with E-state index in [2.05, 4.69) is 59.9 Å². The van der Waals surface area contributed by atoms with Gasteiger partial charge in [-0.05, 0) is 30.8 Å². The third-order valence-electron chi connectivity index (χ3n) is 7.08. The second kappa shape index (κ2) is 9.67. The van der Waals surface area contributed by atoms with Crippen LogP contribution in [-0.4, -0.2) is 67.0 Å². The van der Waals surface area contributed by atoms with E-state index in [1.54, 1.807) is 25.4 Å². The zero-order valence-electron chi connectivity index (χ0n) is 21.1. The van der Waals surface area contributed by atoms with E-state index in [4.69, 9.17) is 0 Å². The summed E-state index contributed by atoms with van der Waals surface area (Å²) in [4.78, 5) is 39.2. The van der Waals surface area contributed by atoms with Crippen LogP contribution in [0.4, 0.5) is 22.0 Å². The van der Waals surface area contributed by atoms with Gasteiger partial charge in [-0.1, -0.05) is 24.3 Å². The zero-order chi connectivity index (χ0) is 26.2. The molecule has 3 heterocycles. The molecule has 0 spiro atoms. The molecule has 0 saturated carbocycles. The number of ketones is 1. The van der Waals surface area contributed by atoms with Gasteiger partial charge in [0.2, 0.25) is 0 Å². The van der Waals surface area contributed by atoms with E-state index in [1.165, 1.54) is 17.4 Å². The van der Waals surface area contributed by atoms with Gasteiger partial charge >= 0.3 is 6.03 Å². The van der Waals surface area contributed by atoms with E-state index in [1.807, 2.05) is 18.2 Å². The summed E-state index contributed by atoms with van der Waals surface area (Å²) in [6, 6.07) is 12.5. The Morgan fingerprint density at radius 3 is 2.58 bits per heavy atom. The number of nitrogens with zero attached hydrogens (tertiary/aromatic N) is 7. The molecule has 3 aromatic rings. The molecular formula is C27H27N9O2. The summed E-state index contributed by atoms with van der Waals surface area (Å²) < 4.78 is 0. The summed E-state index contributed by atoms with van der Waals surface area (Å²) in [5.41, 5.74) is 7.40. The van der Waals surface area contributed by atoms with Crippen molar-refractivity contribution in [1.82, 2.24) is 20.3 Å². The minimum Gasteiger partial charge on any atom is -0.369 e. The number of piperazine rings is 1. The van der Waals surface area contributed by atoms with Crippen LogP contribution < -0.4 is 20.7 Å². The number of urea groups is 1. The van der Waals surface area contributed by atoms with Crippen molar-refractivity contribution in [3.8, 4) is 0 Å². The third-order valence-corrected chi connectivity index (χ3v) is 7.08. The number of Topliss-reactive ketones (excluding diaryl/α,β-unsaturated/α-hetero) is 1. The molecule has 2 aromatic carbocycles. The molecule has 1 atom stereocenters. The van der Waals surface area contributed by atoms with Crippen LogP contribution in [0.15, 0.2) is 76.9 Å². The number of aromatic nitrogens is 2. The second-order valence-corrected chi connectivity index (χ2v) is 9.50. The number of azo groups is 1. The third kappa shape index (κ3) is 4.26. The predicted molar refractivity (Wildman–Crippen MR) is 144 cm³/mol. The van der Waals surface area contributed by atoms with E-state index < -0.39 is 12.1 Å². The summed E-state index contributed by atoms with van der Waals surface area (Å²) in [7, 11) is 3.79. The van der Waals surface area contributed by atoms with Gasteiger partial charge in [0.1, 0.15) is 11.7 Å². The Morgan fingerprint density at radius 1 is 1.05 bits per heavy atom. The van der Waals surface area contributed by atoms with Crippen LogP contribution in [0.25, 0.3) is 5.70 Å². The first-order valence-corrected chi connectivity index (χ1v) is 12.4. The van der Waals surface area contributed by atoms with Crippen molar-refractivity contribution >= 4 is 34.7 Å². The fourth-order valence-electron chi connectivity index (χ4n) is 5.03. The van der Waals surface area contributed by atoms with Gasteiger partial charge in [0, 0.05) is 56.9 Å². The Bertz CT molecular complexity index is 1450. The number of amides is 2. The van der Waals surface area contributed by atoms with Gasteiger partial charge in [-0.2, -0.15) is 10.2 Å². The quantitative estimate of drug-likeness (QED) is 0.505. The van der Waals surface area contributed by atoms with Crippen LogP contribution in [0, 0.1) is 0 Å². The normalized spacial score (nSPS) is 18.4. The molecule has 1 saturated heterocycles. The summed E-state index contributed by atoms with van der Waals surface area (Å²) in [5, 5.41) is 13.1. The molecule has 1 unspecified atom stereocenters. The maximum absolute atomic E-state index is 13.7. The van der Waals surface area contributed by atoms with Gasteiger partial charge in [-0.25, -0.2) is 15.2 Å². The molecule has 1 aliphatic carbocycles. The lowest BCUT2D eigenvalue weighted by Crippen LogP contribution is -2.44. The van der Waals surface area contributed by atoms with Crippen LogP contribution in [0.2, 0.25) is 0 Å². The number of hydrogen-bond donors (Lipinski definition) is 2. The van der Waals surface area contributed by atoms with Gasteiger partial charge in [0.25, 0.3) is 0 Å². The molecule has 192 valence electrons. The molecule has 11 nitrogen and oxygen atoms in total. The number of carbonyl (C=O) groups excluding carboxylic acids is 2. The van der Waals surface area contributed by atoms with E-state index in [-0.39, 0.29) is 5.78 Å². The Labute approximate surface area is 219 Å². The molecule has 1 fully saturated rings. The molecular weight excluding hydrogens is 482 g/mol. The molecule has 6 rings (SSSR count). The SMILES string of the molecule is CN1CCN(c2ccc(C3=C4C(=O)c5c(NC(=O)NN(C)c6cnccn6)cccc5C4N=N3)cc2)CC1. The van der Waals surface area contributed by atoms with E-state index in [9.17, 15) is 9.59 Å². The highest BCUT2D eigenvalue weighted by Crippen LogP contribution is 2.49. The molecule has 0 radical (unpaired) electrons. The minimum atomic E-state index is -0.508. The molecule has 2 N–H and O–H groups in total. The first kappa shape index (κ1) is 23.7. The van der Waals surface area contributed by atoms with Crippen molar-refractivity contribution < 1.29 is 9.59 Å². The maximum atomic E-state index is 13.7. The Hall–Kier alpha value is -4.64. The molecule has 11 heteroatoms.